The Morgan fingerprint density at radius 2 is 1.73 bits per heavy atom. The van der Waals surface area contributed by atoms with Crippen molar-refractivity contribution in [2.45, 2.75) is 65.3 Å². The van der Waals surface area contributed by atoms with Crippen LogP contribution in [0.2, 0.25) is 0 Å². The van der Waals surface area contributed by atoms with Crippen molar-refractivity contribution >= 4 is 0 Å². The molecule has 0 radical (unpaired) electrons. The summed E-state index contributed by atoms with van der Waals surface area (Å²) in [6.45, 7) is 10.0. The maximum Gasteiger partial charge on any atom is 0.0100 e. The van der Waals surface area contributed by atoms with E-state index < -0.39 is 0 Å². The van der Waals surface area contributed by atoms with E-state index in [4.69, 9.17) is 0 Å². The van der Waals surface area contributed by atoms with Crippen molar-refractivity contribution in [3.05, 3.63) is 0 Å². The summed E-state index contributed by atoms with van der Waals surface area (Å²) in [5.41, 5.74) is 0.603. The summed E-state index contributed by atoms with van der Waals surface area (Å²) in [6.07, 6.45) is 8.63. The summed E-state index contributed by atoms with van der Waals surface area (Å²) < 4.78 is 0. The molecule has 1 saturated heterocycles. The SMILES string of the molecule is CC1CCN([C@H]2CCCC(C)(C)C2)CC1. The first-order valence-electron chi connectivity index (χ1n) is 6.81. The molecule has 1 heterocycles. The molecule has 2 rings (SSSR count). The molecular weight excluding hydrogens is 182 g/mol. The highest BCUT2D eigenvalue weighted by Crippen LogP contribution is 2.38. The van der Waals surface area contributed by atoms with Crippen LogP contribution in [0.5, 0.6) is 0 Å². The van der Waals surface area contributed by atoms with Gasteiger partial charge in [0, 0.05) is 6.04 Å². The molecule has 0 unspecified atom stereocenters. The lowest BCUT2D eigenvalue weighted by Crippen LogP contribution is -2.44. The molecule has 0 amide bonds. The van der Waals surface area contributed by atoms with Crippen LogP contribution in [0, 0.1) is 11.3 Å². The largest absolute Gasteiger partial charge is 0.300 e. The van der Waals surface area contributed by atoms with Crippen LogP contribution in [0.25, 0.3) is 0 Å². The third-order valence-corrected chi connectivity index (χ3v) is 4.51. The predicted molar refractivity (Wildman–Crippen MR) is 66.0 cm³/mol. The highest BCUT2D eigenvalue weighted by Gasteiger charge is 2.32. The molecule has 1 nitrogen and oxygen atoms in total. The smallest absolute Gasteiger partial charge is 0.0100 e. The number of nitrogens with zero attached hydrogens (tertiary/aromatic N) is 1. The zero-order valence-electron chi connectivity index (χ0n) is 10.8. The maximum atomic E-state index is 2.78. The quantitative estimate of drug-likeness (QED) is 0.636. The standard InChI is InChI=1S/C14H27N/c1-12-6-9-15(10-7-12)13-5-4-8-14(2,3)11-13/h12-13H,4-11H2,1-3H3/t13-/m0/s1. The Labute approximate surface area is 95.2 Å². The molecule has 0 aromatic heterocycles. The van der Waals surface area contributed by atoms with E-state index >= 15 is 0 Å². The second-order valence-electron chi connectivity index (χ2n) is 6.63. The van der Waals surface area contributed by atoms with E-state index in [2.05, 4.69) is 25.7 Å². The number of piperidine rings is 1. The van der Waals surface area contributed by atoms with E-state index in [1.54, 1.807) is 0 Å². The molecule has 1 atom stereocenters. The molecule has 0 bridgehead atoms. The highest BCUT2D eigenvalue weighted by atomic mass is 15.2. The highest BCUT2D eigenvalue weighted by molar-refractivity contribution is 4.86. The van der Waals surface area contributed by atoms with E-state index in [1.807, 2.05) is 0 Å². The summed E-state index contributed by atoms with van der Waals surface area (Å²) in [5.74, 6) is 0.970. The molecule has 1 heteroatoms. The van der Waals surface area contributed by atoms with Crippen LogP contribution >= 0.6 is 0 Å². The summed E-state index contributed by atoms with van der Waals surface area (Å²) in [7, 11) is 0. The number of likely N-dealkylation sites (tertiary alicyclic amines) is 1. The van der Waals surface area contributed by atoms with Gasteiger partial charge in [-0.25, -0.2) is 0 Å². The van der Waals surface area contributed by atoms with Gasteiger partial charge in [0.25, 0.3) is 0 Å². The molecule has 0 aromatic carbocycles. The Balaban J connectivity index is 1.88. The van der Waals surface area contributed by atoms with Crippen LogP contribution in [-0.2, 0) is 0 Å². The van der Waals surface area contributed by atoms with Gasteiger partial charge < -0.3 is 4.90 Å². The van der Waals surface area contributed by atoms with Crippen molar-refractivity contribution in [2.24, 2.45) is 11.3 Å². The molecule has 88 valence electrons. The zero-order valence-corrected chi connectivity index (χ0v) is 10.8. The van der Waals surface area contributed by atoms with Gasteiger partial charge >= 0.3 is 0 Å². The Morgan fingerprint density at radius 1 is 1.07 bits per heavy atom. The number of rotatable bonds is 1. The Morgan fingerprint density at radius 3 is 2.33 bits per heavy atom. The molecule has 1 saturated carbocycles. The number of hydrogen-bond acceptors (Lipinski definition) is 1. The van der Waals surface area contributed by atoms with Crippen LogP contribution in [0.15, 0.2) is 0 Å². The lowest BCUT2D eigenvalue weighted by atomic mass is 9.74. The van der Waals surface area contributed by atoms with E-state index in [1.165, 1.54) is 51.6 Å². The van der Waals surface area contributed by atoms with Gasteiger partial charge in [0.15, 0.2) is 0 Å². The summed E-state index contributed by atoms with van der Waals surface area (Å²) >= 11 is 0. The van der Waals surface area contributed by atoms with Gasteiger partial charge in [-0.1, -0.05) is 27.2 Å². The summed E-state index contributed by atoms with van der Waals surface area (Å²) in [5, 5.41) is 0. The molecule has 0 aromatic rings. The maximum absolute atomic E-state index is 2.78. The minimum Gasteiger partial charge on any atom is -0.300 e. The molecule has 1 aliphatic heterocycles. The second-order valence-corrected chi connectivity index (χ2v) is 6.63. The molecule has 2 aliphatic rings. The third kappa shape index (κ3) is 2.96. The summed E-state index contributed by atoms with van der Waals surface area (Å²) in [6, 6.07) is 0.904. The van der Waals surface area contributed by atoms with Crippen molar-refractivity contribution in [3.63, 3.8) is 0 Å². The molecule has 0 N–H and O–H groups in total. The average Bonchev–Trinajstić information content (AvgIpc) is 2.17. The number of hydrogen-bond donors (Lipinski definition) is 0. The van der Waals surface area contributed by atoms with Crippen LogP contribution < -0.4 is 0 Å². The molecule has 0 spiro atoms. The minimum atomic E-state index is 0.603. The van der Waals surface area contributed by atoms with Gasteiger partial charge in [-0.2, -0.15) is 0 Å². The van der Waals surface area contributed by atoms with Gasteiger partial charge in [0.05, 0.1) is 0 Å². The first-order valence-corrected chi connectivity index (χ1v) is 6.81. The van der Waals surface area contributed by atoms with Gasteiger partial charge in [-0.15, -0.1) is 0 Å². The Kier molecular flexibility index (Phi) is 3.39. The summed E-state index contributed by atoms with van der Waals surface area (Å²) in [4.78, 5) is 2.78. The normalized spacial score (nSPS) is 34.2. The molecule has 15 heavy (non-hydrogen) atoms. The second kappa shape index (κ2) is 4.45. The van der Waals surface area contributed by atoms with Gasteiger partial charge in [-0.3, -0.25) is 0 Å². The lowest BCUT2D eigenvalue weighted by molar-refractivity contribution is 0.0680. The minimum absolute atomic E-state index is 0.603. The zero-order chi connectivity index (χ0) is 10.9. The van der Waals surface area contributed by atoms with E-state index in [-0.39, 0.29) is 0 Å². The predicted octanol–water partition coefficient (Wildman–Crippen LogP) is 3.69. The monoisotopic (exact) mass is 209 g/mol. The topological polar surface area (TPSA) is 3.24 Å². The Bertz CT molecular complexity index is 201. The van der Waals surface area contributed by atoms with Crippen molar-refractivity contribution in [2.75, 3.05) is 13.1 Å². The van der Waals surface area contributed by atoms with Crippen molar-refractivity contribution in [3.8, 4) is 0 Å². The van der Waals surface area contributed by atoms with Crippen LogP contribution in [0.3, 0.4) is 0 Å². The first kappa shape index (κ1) is 11.4. The fraction of sp³-hybridized carbons (Fsp3) is 1.00. The molecular formula is C14H27N. The van der Waals surface area contributed by atoms with Gasteiger partial charge in [0.1, 0.15) is 0 Å². The van der Waals surface area contributed by atoms with E-state index in [9.17, 15) is 0 Å². The first-order chi connectivity index (χ1) is 7.07. The van der Waals surface area contributed by atoms with E-state index in [0.29, 0.717) is 5.41 Å². The average molecular weight is 209 g/mol. The lowest BCUT2D eigenvalue weighted by Gasteiger charge is -2.43. The van der Waals surface area contributed by atoms with Crippen LogP contribution in [0.1, 0.15) is 59.3 Å². The van der Waals surface area contributed by atoms with Crippen molar-refractivity contribution in [1.29, 1.82) is 0 Å². The van der Waals surface area contributed by atoms with Gasteiger partial charge in [-0.05, 0) is 56.5 Å². The molecule has 2 fully saturated rings. The van der Waals surface area contributed by atoms with Crippen molar-refractivity contribution in [1.82, 2.24) is 4.90 Å². The van der Waals surface area contributed by atoms with Crippen LogP contribution in [-0.4, -0.2) is 24.0 Å². The fourth-order valence-corrected chi connectivity index (χ4v) is 3.36. The fourth-order valence-electron chi connectivity index (χ4n) is 3.36. The van der Waals surface area contributed by atoms with Gasteiger partial charge in [0.2, 0.25) is 0 Å². The molecule has 1 aliphatic carbocycles. The van der Waals surface area contributed by atoms with Crippen molar-refractivity contribution < 1.29 is 0 Å². The van der Waals surface area contributed by atoms with E-state index in [0.717, 1.165) is 12.0 Å². The Hall–Kier alpha value is -0.0400. The van der Waals surface area contributed by atoms with Crippen LogP contribution in [0.4, 0.5) is 0 Å². The third-order valence-electron chi connectivity index (χ3n) is 4.51.